The molecule has 0 atom stereocenters. The van der Waals surface area contributed by atoms with Gasteiger partial charge in [0.1, 0.15) is 5.75 Å². The van der Waals surface area contributed by atoms with Crippen molar-refractivity contribution in [3.05, 3.63) is 58.8 Å². The van der Waals surface area contributed by atoms with Gasteiger partial charge in [0.05, 0.1) is 18.4 Å². The summed E-state index contributed by atoms with van der Waals surface area (Å²) in [5.41, 5.74) is 0.993. The van der Waals surface area contributed by atoms with Gasteiger partial charge in [-0.3, -0.25) is 9.59 Å². The quantitative estimate of drug-likeness (QED) is 0.333. The average molecular weight is 492 g/mol. The summed E-state index contributed by atoms with van der Waals surface area (Å²) in [7, 11) is 0. The summed E-state index contributed by atoms with van der Waals surface area (Å²) in [6.45, 7) is 2.44. The van der Waals surface area contributed by atoms with Crippen LogP contribution in [0.4, 0.5) is 13.2 Å². The van der Waals surface area contributed by atoms with E-state index in [4.69, 9.17) is 14.4 Å². The largest absolute Gasteiger partial charge is 0.493 e. The van der Waals surface area contributed by atoms with Gasteiger partial charge in [-0.25, -0.2) is 0 Å². The maximum atomic E-state index is 13.1. The van der Waals surface area contributed by atoms with Crippen LogP contribution in [0.1, 0.15) is 55.0 Å². The number of hydrogen-bond acceptors (Lipinski definition) is 5. The van der Waals surface area contributed by atoms with Crippen LogP contribution in [0, 0.1) is 0 Å². The molecule has 188 valence electrons. The Bertz CT molecular complexity index is 1170. The number of halogens is 3. The highest BCUT2D eigenvalue weighted by atomic mass is 19.4. The highest BCUT2D eigenvalue weighted by Crippen LogP contribution is 2.38. The van der Waals surface area contributed by atoms with Crippen molar-refractivity contribution in [2.45, 2.75) is 58.2 Å². The molecule has 3 rings (SSSR count). The maximum Gasteiger partial charge on any atom is 0.437 e. The number of alkyl halides is 3. The van der Waals surface area contributed by atoms with E-state index in [9.17, 15) is 22.8 Å². The van der Waals surface area contributed by atoms with Gasteiger partial charge in [-0.2, -0.15) is 13.2 Å². The zero-order chi connectivity index (χ0) is 25.4. The lowest BCUT2D eigenvalue weighted by Crippen LogP contribution is -2.23. The highest BCUT2D eigenvalue weighted by molar-refractivity contribution is 5.85. The molecule has 0 radical (unpaired) electrons. The van der Waals surface area contributed by atoms with Crippen LogP contribution in [0.25, 0.3) is 11.0 Å². The molecule has 0 saturated carbocycles. The number of fused-ring (bicyclic) bond motifs is 1. The van der Waals surface area contributed by atoms with E-state index in [1.54, 1.807) is 24.3 Å². The fourth-order valence-electron chi connectivity index (χ4n) is 3.78. The Morgan fingerprint density at radius 2 is 1.86 bits per heavy atom. The second-order valence-electron chi connectivity index (χ2n) is 8.12. The first-order valence-corrected chi connectivity index (χ1v) is 11.4. The second-order valence-corrected chi connectivity index (χ2v) is 8.12. The molecular formula is C25H27F3N2O5. The number of nitrogens with one attached hydrogen (secondary N) is 1. The fraction of sp³-hybridized carbons (Fsp3) is 0.400. The van der Waals surface area contributed by atoms with E-state index < -0.39 is 17.8 Å². The SMILES string of the molecule is CCCc1c(OCCCCC(=O)NCc2ccccc2CC(=O)O)ccc2c(C(F)(F)F)noc12. The van der Waals surface area contributed by atoms with Gasteiger partial charge in [0.2, 0.25) is 5.91 Å². The molecule has 3 aromatic rings. The third-order valence-corrected chi connectivity index (χ3v) is 5.46. The molecule has 10 heteroatoms. The van der Waals surface area contributed by atoms with Crippen LogP contribution in [0.5, 0.6) is 5.75 Å². The summed E-state index contributed by atoms with van der Waals surface area (Å²) in [4.78, 5) is 23.1. The number of carboxylic acids is 1. The summed E-state index contributed by atoms with van der Waals surface area (Å²) in [6, 6.07) is 9.85. The molecule has 0 unspecified atom stereocenters. The standard InChI is InChI=1S/C25H27F3N2O5/c1-2-7-18-20(12-11-19-23(18)35-30-24(19)25(26,27)28)34-13-6-5-10-21(31)29-15-17-9-4-3-8-16(17)14-22(32)33/h3-4,8-9,11-12H,2,5-7,10,13-15H2,1H3,(H,29,31)(H,32,33). The number of unbranched alkanes of at least 4 members (excludes halogenated alkanes) is 1. The van der Waals surface area contributed by atoms with Crippen molar-refractivity contribution >= 4 is 22.8 Å². The molecule has 7 nitrogen and oxygen atoms in total. The lowest BCUT2D eigenvalue weighted by Gasteiger charge is -2.12. The minimum absolute atomic E-state index is 0.0826. The van der Waals surface area contributed by atoms with E-state index in [1.165, 1.54) is 12.1 Å². The molecule has 1 aromatic heterocycles. The van der Waals surface area contributed by atoms with Gasteiger partial charge in [0.15, 0.2) is 11.3 Å². The molecule has 0 aliphatic rings. The van der Waals surface area contributed by atoms with Gasteiger partial charge in [0.25, 0.3) is 0 Å². The lowest BCUT2D eigenvalue weighted by molar-refractivity contribution is -0.141. The summed E-state index contributed by atoms with van der Waals surface area (Å²) in [6.07, 6.45) is -2.16. The molecule has 35 heavy (non-hydrogen) atoms. The Labute approximate surface area is 200 Å². The molecule has 1 amide bonds. The number of rotatable bonds is 12. The van der Waals surface area contributed by atoms with E-state index in [0.29, 0.717) is 42.6 Å². The first kappa shape index (κ1) is 26.1. The number of nitrogens with zero attached hydrogens (tertiary/aromatic N) is 1. The number of amides is 1. The summed E-state index contributed by atoms with van der Waals surface area (Å²) in [5.74, 6) is -0.651. The highest BCUT2D eigenvalue weighted by Gasteiger charge is 2.37. The van der Waals surface area contributed by atoms with Crippen molar-refractivity contribution in [2.75, 3.05) is 6.61 Å². The van der Waals surface area contributed by atoms with Gasteiger partial charge >= 0.3 is 12.1 Å². The minimum Gasteiger partial charge on any atom is -0.493 e. The first-order valence-electron chi connectivity index (χ1n) is 11.4. The molecule has 2 aromatic carbocycles. The fourth-order valence-corrected chi connectivity index (χ4v) is 3.78. The summed E-state index contributed by atoms with van der Waals surface area (Å²) in [5, 5.41) is 14.9. The molecule has 0 aliphatic heterocycles. The molecule has 1 heterocycles. The zero-order valence-electron chi connectivity index (χ0n) is 19.3. The zero-order valence-corrected chi connectivity index (χ0v) is 19.3. The van der Waals surface area contributed by atoms with E-state index in [1.807, 2.05) is 6.92 Å². The van der Waals surface area contributed by atoms with Crippen LogP contribution >= 0.6 is 0 Å². The number of carboxylic acid groups (broad SMARTS) is 1. The number of carbonyl (C=O) groups excluding carboxylic acids is 1. The molecule has 0 fully saturated rings. The van der Waals surface area contributed by atoms with Crippen molar-refractivity contribution in [1.82, 2.24) is 10.5 Å². The van der Waals surface area contributed by atoms with Crippen LogP contribution in [-0.4, -0.2) is 28.7 Å². The number of aryl methyl sites for hydroxylation is 1. The predicted molar refractivity (Wildman–Crippen MR) is 122 cm³/mol. The van der Waals surface area contributed by atoms with Gasteiger partial charge in [-0.1, -0.05) is 42.8 Å². The van der Waals surface area contributed by atoms with E-state index >= 15 is 0 Å². The van der Waals surface area contributed by atoms with Gasteiger partial charge < -0.3 is 19.7 Å². The third-order valence-electron chi connectivity index (χ3n) is 5.46. The number of benzene rings is 2. The number of ether oxygens (including phenoxy) is 1. The van der Waals surface area contributed by atoms with Gasteiger partial charge in [0, 0.05) is 18.5 Å². The Kier molecular flexibility index (Phi) is 8.73. The minimum atomic E-state index is -4.60. The van der Waals surface area contributed by atoms with Crippen molar-refractivity contribution in [2.24, 2.45) is 0 Å². The topological polar surface area (TPSA) is 102 Å². The first-order chi connectivity index (χ1) is 16.7. The van der Waals surface area contributed by atoms with E-state index in [-0.39, 0.29) is 42.9 Å². The Balaban J connectivity index is 1.49. The van der Waals surface area contributed by atoms with Crippen LogP contribution < -0.4 is 10.1 Å². The predicted octanol–water partition coefficient (Wildman–Crippen LogP) is 5.29. The van der Waals surface area contributed by atoms with Gasteiger partial charge in [-0.15, -0.1) is 0 Å². The number of aliphatic carboxylic acids is 1. The molecule has 0 saturated heterocycles. The Morgan fingerprint density at radius 3 is 2.54 bits per heavy atom. The number of aromatic nitrogens is 1. The average Bonchev–Trinajstić information content (AvgIpc) is 3.24. The maximum absolute atomic E-state index is 13.1. The Hall–Kier alpha value is -3.56. The van der Waals surface area contributed by atoms with E-state index in [2.05, 4.69) is 10.5 Å². The molecule has 0 aliphatic carbocycles. The van der Waals surface area contributed by atoms with Crippen molar-refractivity contribution < 1.29 is 37.1 Å². The Morgan fingerprint density at radius 1 is 1.11 bits per heavy atom. The van der Waals surface area contributed by atoms with Crippen LogP contribution in [0.15, 0.2) is 40.9 Å². The monoisotopic (exact) mass is 492 g/mol. The second kappa shape index (κ2) is 11.7. The molecule has 0 spiro atoms. The normalized spacial score (nSPS) is 11.5. The van der Waals surface area contributed by atoms with E-state index in [0.717, 1.165) is 5.56 Å². The van der Waals surface area contributed by atoms with Gasteiger partial charge in [-0.05, 0) is 42.5 Å². The smallest absolute Gasteiger partial charge is 0.437 e. The third kappa shape index (κ3) is 6.97. The molecule has 0 bridgehead atoms. The molecular weight excluding hydrogens is 465 g/mol. The summed E-state index contributed by atoms with van der Waals surface area (Å²) < 4.78 is 50.2. The number of carbonyl (C=O) groups is 2. The van der Waals surface area contributed by atoms with Crippen LogP contribution in [0.2, 0.25) is 0 Å². The van der Waals surface area contributed by atoms with Crippen molar-refractivity contribution in [3.8, 4) is 5.75 Å². The molecule has 2 N–H and O–H groups in total. The number of hydrogen-bond donors (Lipinski definition) is 2. The van der Waals surface area contributed by atoms with Crippen LogP contribution in [-0.2, 0) is 35.2 Å². The summed E-state index contributed by atoms with van der Waals surface area (Å²) >= 11 is 0. The van der Waals surface area contributed by atoms with Crippen molar-refractivity contribution in [3.63, 3.8) is 0 Å². The lowest BCUT2D eigenvalue weighted by atomic mass is 10.0. The van der Waals surface area contributed by atoms with Crippen molar-refractivity contribution in [1.29, 1.82) is 0 Å². The van der Waals surface area contributed by atoms with Crippen LogP contribution in [0.3, 0.4) is 0 Å².